The normalized spacial score (nSPS) is 11.9. The van der Waals surface area contributed by atoms with E-state index in [0.717, 1.165) is 46.8 Å². The first kappa shape index (κ1) is 50.6. The lowest BCUT2D eigenvalue weighted by Gasteiger charge is -2.41. The molecule has 1 N–H and O–H groups in total. The van der Waals surface area contributed by atoms with Crippen LogP contribution in [0.25, 0.3) is 0 Å². The SMILES string of the molecule is CCCCCCCCCCCCc1cc(CCCCCCCCCCCC)c(S(OC(=O)O)(c2ccccc2)c2ccccc2)c(CCCCCCCCCCCC)c1. The Morgan fingerprint density at radius 1 is 0.424 bits per heavy atom. The molecule has 0 aliphatic heterocycles. The highest BCUT2D eigenvalue weighted by atomic mass is 32.3. The quantitative estimate of drug-likeness (QED) is 0.0589. The number of rotatable bonds is 37. The van der Waals surface area contributed by atoms with Crippen molar-refractivity contribution in [1.82, 2.24) is 0 Å². The van der Waals surface area contributed by atoms with Gasteiger partial charge in [0.1, 0.15) is 0 Å². The van der Waals surface area contributed by atoms with Crippen LogP contribution in [0.4, 0.5) is 4.79 Å². The predicted octanol–water partition coefficient (Wildman–Crippen LogP) is 19.0. The van der Waals surface area contributed by atoms with Gasteiger partial charge < -0.3 is 9.29 Å². The van der Waals surface area contributed by atoms with Crippen LogP contribution in [-0.2, 0) is 23.4 Å². The fourth-order valence-corrected chi connectivity index (χ4v) is 12.3. The van der Waals surface area contributed by atoms with Crippen molar-refractivity contribution in [1.29, 1.82) is 0 Å². The van der Waals surface area contributed by atoms with Crippen LogP contribution in [0.15, 0.2) is 87.5 Å². The largest absolute Gasteiger partial charge is 0.517 e. The number of carbonyl (C=O) groups is 1. The van der Waals surface area contributed by atoms with Crippen LogP contribution in [0, 0.1) is 0 Å². The molecule has 332 valence electrons. The Hall–Kier alpha value is -2.72. The van der Waals surface area contributed by atoms with Crippen LogP contribution in [0.3, 0.4) is 0 Å². The highest BCUT2D eigenvalue weighted by Gasteiger charge is 2.39. The van der Waals surface area contributed by atoms with Gasteiger partial charge in [0.25, 0.3) is 0 Å². The molecule has 0 atom stereocenters. The summed E-state index contributed by atoms with van der Waals surface area (Å²) in [5.74, 6) is 0. The Bertz CT molecular complexity index is 1370. The number of unbranched alkanes of at least 4 members (excludes halogenated alkanes) is 27. The van der Waals surface area contributed by atoms with Gasteiger partial charge in [-0.1, -0.05) is 243 Å². The summed E-state index contributed by atoms with van der Waals surface area (Å²) < 4.78 is 6.48. The predicted molar refractivity (Wildman–Crippen MR) is 257 cm³/mol. The van der Waals surface area contributed by atoms with Crippen molar-refractivity contribution >= 4 is 16.5 Å². The molecule has 0 aliphatic rings. The minimum Gasteiger partial charge on any atom is -0.449 e. The molecular weight excluding hydrogens is 741 g/mol. The van der Waals surface area contributed by atoms with E-state index in [9.17, 15) is 9.90 Å². The maximum atomic E-state index is 13.0. The molecule has 59 heavy (non-hydrogen) atoms. The lowest BCUT2D eigenvalue weighted by atomic mass is 9.94. The lowest BCUT2D eigenvalue weighted by molar-refractivity contribution is 0.150. The maximum Gasteiger partial charge on any atom is 0.517 e. The van der Waals surface area contributed by atoms with Crippen LogP contribution in [0.1, 0.15) is 230 Å². The molecule has 0 radical (unpaired) electrons. The molecule has 0 aliphatic carbocycles. The topological polar surface area (TPSA) is 46.5 Å². The van der Waals surface area contributed by atoms with Gasteiger partial charge in [-0.15, -0.1) is 0 Å². The first-order valence-corrected chi connectivity index (χ1v) is 26.6. The zero-order valence-corrected chi connectivity index (χ0v) is 39.3. The van der Waals surface area contributed by atoms with Gasteiger partial charge in [-0.3, -0.25) is 0 Å². The van der Waals surface area contributed by atoms with Gasteiger partial charge >= 0.3 is 6.16 Å². The summed E-state index contributed by atoms with van der Waals surface area (Å²) >= 11 is 0. The minimum absolute atomic E-state index is 0.958. The van der Waals surface area contributed by atoms with E-state index < -0.39 is 16.5 Å². The molecule has 0 bridgehead atoms. The number of benzene rings is 3. The molecule has 3 nitrogen and oxygen atoms in total. The second kappa shape index (κ2) is 33.0. The number of carboxylic acid groups (broad SMARTS) is 1. The van der Waals surface area contributed by atoms with E-state index in [2.05, 4.69) is 81.4 Å². The Balaban J connectivity index is 1.94. The van der Waals surface area contributed by atoms with Crippen LogP contribution in [0.5, 0.6) is 0 Å². The van der Waals surface area contributed by atoms with Gasteiger partial charge in [-0.05, 0) is 89.8 Å². The summed E-state index contributed by atoms with van der Waals surface area (Å²) in [7, 11) is -2.58. The minimum atomic E-state index is -2.58. The highest BCUT2D eigenvalue weighted by molar-refractivity contribution is 8.30. The van der Waals surface area contributed by atoms with Crippen molar-refractivity contribution in [3.05, 3.63) is 89.5 Å². The van der Waals surface area contributed by atoms with Crippen LogP contribution in [0.2, 0.25) is 0 Å². The van der Waals surface area contributed by atoms with E-state index >= 15 is 0 Å². The molecule has 0 unspecified atom stereocenters. The average Bonchev–Trinajstić information content (AvgIpc) is 3.25. The van der Waals surface area contributed by atoms with Gasteiger partial charge in [-0.25, -0.2) is 4.79 Å². The molecule has 3 aromatic rings. The number of hydrogen-bond donors (Lipinski definition) is 1. The van der Waals surface area contributed by atoms with Gasteiger partial charge in [-0.2, -0.15) is 0 Å². The molecule has 0 aromatic heterocycles. The summed E-state index contributed by atoms with van der Waals surface area (Å²) in [6, 6.07) is 25.7. The molecule has 0 spiro atoms. The van der Waals surface area contributed by atoms with Crippen LogP contribution in [-0.4, -0.2) is 11.3 Å². The molecule has 4 heteroatoms. The Morgan fingerprint density at radius 2 is 0.712 bits per heavy atom. The van der Waals surface area contributed by atoms with Gasteiger partial charge in [0, 0.05) is 14.7 Å². The monoisotopic (exact) mass is 829 g/mol. The first-order chi connectivity index (χ1) is 29.1. The van der Waals surface area contributed by atoms with Crippen LogP contribution < -0.4 is 0 Å². The molecule has 0 saturated carbocycles. The fourth-order valence-electron chi connectivity index (χ4n) is 8.97. The molecule has 3 aromatic carbocycles. The molecule has 0 fully saturated rings. The molecule has 0 heterocycles. The maximum absolute atomic E-state index is 13.0. The Kier molecular flexibility index (Phi) is 28.3. The first-order valence-electron chi connectivity index (χ1n) is 25.1. The summed E-state index contributed by atoms with van der Waals surface area (Å²) in [6.07, 6.45) is 41.3. The summed E-state index contributed by atoms with van der Waals surface area (Å²) in [5, 5.41) is 10.7. The van der Waals surface area contributed by atoms with Gasteiger partial charge in [0.15, 0.2) is 0 Å². The summed E-state index contributed by atoms with van der Waals surface area (Å²) in [4.78, 5) is 16.1. The Labute approximate surface area is 365 Å². The second-order valence-electron chi connectivity index (χ2n) is 17.6. The summed E-state index contributed by atoms with van der Waals surface area (Å²) in [6.45, 7) is 6.88. The van der Waals surface area contributed by atoms with E-state index in [1.807, 2.05) is 12.1 Å². The van der Waals surface area contributed by atoms with Crippen molar-refractivity contribution in [2.24, 2.45) is 0 Å². The van der Waals surface area contributed by atoms with E-state index in [-0.39, 0.29) is 0 Å². The van der Waals surface area contributed by atoms with Crippen molar-refractivity contribution in [2.45, 2.75) is 247 Å². The lowest BCUT2D eigenvalue weighted by Crippen LogP contribution is -2.16. The Morgan fingerprint density at radius 3 is 1.02 bits per heavy atom. The number of aryl methyl sites for hydroxylation is 3. The van der Waals surface area contributed by atoms with Crippen molar-refractivity contribution in [3.8, 4) is 0 Å². The van der Waals surface area contributed by atoms with Gasteiger partial charge in [0.05, 0.1) is 0 Å². The zero-order valence-electron chi connectivity index (χ0n) is 38.4. The smallest absolute Gasteiger partial charge is 0.449 e. The second-order valence-corrected chi connectivity index (χ2v) is 20.2. The zero-order chi connectivity index (χ0) is 42.1. The molecular formula is C55H88O3S. The molecule has 0 amide bonds. The fraction of sp³-hybridized carbons (Fsp3) is 0.655. The third-order valence-electron chi connectivity index (χ3n) is 12.4. The summed E-state index contributed by atoms with van der Waals surface area (Å²) in [5.41, 5.74) is 4.07. The average molecular weight is 829 g/mol. The van der Waals surface area contributed by atoms with Crippen LogP contribution >= 0.6 is 10.3 Å². The van der Waals surface area contributed by atoms with Crippen molar-refractivity contribution in [3.63, 3.8) is 0 Å². The third kappa shape index (κ3) is 20.1. The van der Waals surface area contributed by atoms with Crippen molar-refractivity contribution < 1.29 is 14.1 Å². The van der Waals surface area contributed by atoms with E-state index in [4.69, 9.17) is 4.18 Å². The van der Waals surface area contributed by atoms with Gasteiger partial charge in [0.2, 0.25) is 0 Å². The van der Waals surface area contributed by atoms with E-state index in [0.29, 0.717) is 0 Å². The van der Waals surface area contributed by atoms with Crippen molar-refractivity contribution in [2.75, 3.05) is 0 Å². The third-order valence-corrected chi connectivity index (χ3v) is 15.7. The number of hydrogen-bond acceptors (Lipinski definition) is 2. The molecule has 3 rings (SSSR count). The molecule has 0 saturated heterocycles. The standard InChI is InChI=1S/C55H88O3S/c1-4-7-10-13-16-19-22-25-28-33-40-49-47-50(41-34-29-26-23-20-17-14-11-8-5-2)54(51(48-49)42-35-30-27-24-21-18-15-12-9-6-3)59(58-55(56)57,52-43-36-31-37-44-52)53-45-38-32-39-46-53/h31-32,36-39,43-48H,4-30,33-35,40-42H2,1-3H3,(H,56,57). The van der Waals surface area contributed by atoms with E-state index in [1.54, 1.807) is 0 Å². The highest BCUT2D eigenvalue weighted by Crippen LogP contribution is 2.71. The van der Waals surface area contributed by atoms with E-state index in [1.165, 1.54) is 196 Å².